The molecule has 1 aliphatic heterocycles. The Labute approximate surface area is 122 Å². The molecule has 1 aromatic carbocycles. The van der Waals surface area contributed by atoms with Crippen LogP contribution in [0.1, 0.15) is 37.8 Å². The zero-order valence-corrected chi connectivity index (χ0v) is 13.5. The molecule has 0 radical (unpaired) electrons. The molecule has 1 aliphatic rings. The second-order valence-corrected chi connectivity index (χ2v) is 7.82. The van der Waals surface area contributed by atoms with Crippen molar-refractivity contribution in [3.63, 3.8) is 0 Å². The number of sulfonamides is 1. The predicted octanol–water partition coefficient (Wildman–Crippen LogP) is 2.69. The van der Waals surface area contributed by atoms with E-state index in [9.17, 15) is 8.42 Å². The minimum absolute atomic E-state index is 0.0974. The summed E-state index contributed by atoms with van der Waals surface area (Å²) in [6, 6.07) is 3.66. The molecule has 4 nitrogen and oxygen atoms in total. The molecule has 0 saturated carbocycles. The fraction of sp³-hybridized carbons (Fsp3) is 0.600. The predicted molar refractivity (Wildman–Crippen MR) is 82.1 cm³/mol. The number of hydrogen-bond donors (Lipinski definition) is 1. The van der Waals surface area contributed by atoms with Gasteiger partial charge in [-0.2, -0.15) is 4.31 Å². The van der Waals surface area contributed by atoms with Crippen molar-refractivity contribution >= 4 is 15.7 Å². The van der Waals surface area contributed by atoms with Gasteiger partial charge in [-0.3, -0.25) is 0 Å². The van der Waals surface area contributed by atoms with Crippen LogP contribution >= 0.6 is 0 Å². The lowest BCUT2D eigenvalue weighted by Crippen LogP contribution is -2.39. The molecule has 1 heterocycles. The smallest absolute Gasteiger partial charge is 0.243 e. The first-order valence-electron chi connectivity index (χ1n) is 7.14. The number of aryl methyl sites for hydroxylation is 1. The first-order valence-corrected chi connectivity index (χ1v) is 8.58. The van der Waals surface area contributed by atoms with Crippen molar-refractivity contribution in [3.8, 4) is 0 Å². The fourth-order valence-corrected chi connectivity index (χ4v) is 5.38. The van der Waals surface area contributed by atoms with Crippen molar-refractivity contribution in [1.29, 1.82) is 0 Å². The van der Waals surface area contributed by atoms with Gasteiger partial charge in [-0.1, -0.05) is 19.9 Å². The average molecular weight is 296 g/mol. The summed E-state index contributed by atoms with van der Waals surface area (Å²) in [7, 11) is -3.46. The molecule has 112 valence electrons. The average Bonchev–Trinajstić information content (AvgIpc) is 2.84. The second-order valence-electron chi connectivity index (χ2n) is 6.00. The van der Waals surface area contributed by atoms with E-state index in [4.69, 9.17) is 5.73 Å². The minimum Gasteiger partial charge on any atom is -0.398 e. The van der Waals surface area contributed by atoms with Crippen molar-refractivity contribution in [3.05, 3.63) is 23.3 Å². The van der Waals surface area contributed by atoms with Crippen molar-refractivity contribution in [2.24, 2.45) is 5.92 Å². The molecule has 0 bridgehead atoms. The molecular weight excluding hydrogens is 272 g/mol. The minimum atomic E-state index is -3.46. The Bertz CT molecular complexity index is 609. The summed E-state index contributed by atoms with van der Waals surface area (Å²) in [4.78, 5) is 0.394. The number of benzene rings is 1. The van der Waals surface area contributed by atoms with E-state index in [0.29, 0.717) is 28.6 Å². The number of nitrogens with two attached hydrogens (primary N) is 1. The Morgan fingerprint density at radius 1 is 1.30 bits per heavy atom. The number of nitrogen functional groups attached to an aromatic ring is 1. The topological polar surface area (TPSA) is 63.4 Å². The highest BCUT2D eigenvalue weighted by Gasteiger charge is 2.38. The van der Waals surface area contributed by atoms with E-state index < -0.39 is 10.0 Å². The number of rotatable bonds is 3. The Balaban J connectivity index is 2.54. The standard InChI is InChI=1S/C15H24N2O2S/c1-10(2)14-6-5-9-17(14)20(18,19)15-11(3)7-8-13(16)12(15)4/h7-8,10,14H,5-6,9,16H2,1-4H3. The summed E-state index contributed by atoms with van der Waals surface area (Å²) in [5.74, 6) is 0.328. The zero-order chi connectivity index (χ0) is 15.1. The zero-order valence-electron chi connectivity index (χ0n) is 12.7. The molecule has 0 amide bonds. The van der Waals surface area contributed by atoms with Gasteiger partial charge in [0, 0.05) is 18.3 Å². The summed E-state index contributed by atoms with van der Waals surface area (Å²) in [5.41, 5.74) is 7.87. The number of hydrogen-bond acceptors (Lipinski definition) is 3. The maximum absolute atomic E-state index is 13.0. The van der Waals surface area contributed by atoms with Gasteiger partial charge in [0.05, 0.1) is 4.90 Å². The van der Waals surface area contributed by atoms with E-state index in [-0.39, 0.29) is 6.04 Å². The van der Waals surface area contributed by atoms with Gasteiger partial charge in [0.25, 0.3) is 0 Å². The van der Waals surface area contributed by atoms with E-state index in [2.05, 4.69) is 13.8 Å². The van der Waals surface area contributed by atoms with E-state index in [0.717, 1.165) is 18.4 Å². The summed E-state index contributed by atoms with van der Waals surface area (Å²) in [6.07, 6.45) is 1.87. The second kappa shape index (κ2) is 5.37. The SMILES string of the molecule is Cc1ccc(N)c(C)c1S(=O)(=O)N1CCCC1C(C)C. The normalized spacial score (nSPS) is 20.8. The molecular formula is C15H24N2O2S. The van der Waals surface area contributed by atoms with Gasteiger partial charge in [-0.15, -0.1) is 0 Å². The molecule has 5 heteroatoms. The third kappa shape index (κ3) is 2.44. The van der Waals surface area contributed by atoms with Crippen LogP contribution in [0.3, 0.4) is 0 Å². The van der Waals surface area contributed by atoms with Gasteiger partial charge in [-0.25, -0.2) is 8.42 Å². The van der Waals surface area contributed by atoms with Gasteiger partial charge in [-0.05, 0) is 49.8 Å². The summed E-state index contributed by atoms with van der Waals surface area (Å²) in [6.45, 7) is 8.39. The molecule has 1 saturated heterocycles. The van der Waals surface area contributed by atoms with Crippen molar-refractivity contribution in [2.75, 3.05) is 12.3 Å². The van der Waals surface area contributed by atoms with Crippen LogP contribution in [0, 0.1) is 19.8 Å². The molecule has 2 rings (SSSR count). The highest BCUT2D eigenvalue weighted by Crippen LogP contribution is 2.34. The first-order chi connectivity index (χ1) is 9.26. The Morgan fingerprint density at radius 2 is 1.95 bits per heavy atom. The highest BCUT2D eigenvalue weighted by molar-refractivity contribution is 7.89. The van der Waals surface area contributed by atoms with Crippen LogP contribution < -0.4 is 5.73 Å². The van der Waals surface area contributed by atoms with Crippen LogP contribution in [0.4, 0.5) is 5.69 Å². The lowest BCUT2D eigenvalue weighted by molar-refractivity contribution is 0.315. The Hall–Kier alpha value is -1.07. The van der Waals surface area contributed by atoms with Gasteiger partial charge in [0.15, 0.2) is 0 Å². The maximum Gasteiger partial charge on any atom is 0.243 e. The van der Waals surface area contributed by atoms with Crippen molar-refractivity contribution in [2.45, 2.75) is 51.5 Å². The Morgan fingerprint density at radius 3 is 2.55 bits per heavy atom. The summed E-state index contributed by atoms with van der Waals surface area (Å²) >= 11 is 0. The van der Waals surface area contributed by atoms with Crippen LogP contribution in [0.5, 0.6) is 0 Å². The Kier molecular flexibility index (Phi) is 4.12. The van der Waals surface area contributed by atoms with Gasteiger partial charge in [0.1, 0.15) is 0 Å². The molecule has 1 atom stereocenters. The van der Waals surface area contributed by atoms with E-state index in [1.54, 1.807) is 23.4 Å². The monoisotopic (exact) mass is 296 g/mol. The van der Waals surface area contributed by atoms with Gasteiger partial charge in [0.2, 0.25) is 10.0 Å². The third-order valence-corrected chi connectivity index (χ3v) is 6.44. The number of nitrogens with zero attached hydrogens (tertiary/aromatic N) is 1. The fourth-order valence-electron chi connectivity index (χ4n) is 3.09. The molecule has 2 N–H and O–H groups in total. The van der Waals surface area contributed by atoms with Crippen LogP contribution in [-0.2, 0) is 10.0 Å². The molecule has 0 spiro atoms. The van der Waals surface area contributed by atoms with Crippen molar-refractivity contribution < 1.29 is 8.42 Å². The lowest BCUT2D eigenvalue weighted by Gasteiger charge is -2.28. The first kappa shape index (κ1) is 15.3. The number of anilines is 1. The summed E-state index contributed by atoms with van der Waals surface area (Å²) in [5, 5.41) is 0. The molecule has 0 aromatic heterocycles. The maximum atomic E-state index is 13.0. The lowest BCUT2D eigenvalue weighted by atomic mass is 10.0. The van der Waals surface area contributed by atoms with Gasteiger partial charge >= 0.3 is 0 Å². The quantitative estimate of drug-likeness (QED) is 0.872. The van der Waals surface area contributed by atoms with Crippen LogP contribution in [-0.4, -0.2) is 25.3 Å². The van der Waals surface area contributed by atoms with Gasteiger partial charge < -0.3 is 5.73 Å². The summed E-state index contributed by atoms with van der Waals surface area (Å²) < 4.78 is 27.7. The molecule has 1 fully saturated rings. The van der Waals surface area contributed by atoms with Crippen LogP contribution in [0.15, 0.2) is 17.0 Å². The third-order valence-electron chi connectivity index (χ3n) is 4.23. The van der Waals surface area contributed by atoms with E-state index >= 15 is 0 Å². The molecule has 1 unspecified atom stereocenters. The van der Waals surface area contributed by atoms with Crippen LogP contribution in [0.2, 0.25) is 0 Å². The highest BCUT2D eigenvalue weighted by atomic mass is 32.2. The molecule has 20 heavy (non-hydrogen) atoms. The molecule has 1 aromatic rings. The van der Waals surface area contributed by atoms with Crippen LogP contribution in [0.25, 0.3) is 0 Å². The largest absolute Gasteiger partial charge is 0.398 e. The van der Waals surface area contributed by atoms with E-state index in [1.165, 1.54) is 0 Å². The van der Waals surface area contributed by atoms with Crippen molar-refractivity contribution in [1.82, 2.24) is 4.31 Å². The molecule has 0 aliphatic carbocycles. The van der Waals surface area contributed by atoms with E-state index in [1.807, 2.05) is 6.92 Å².